The summed E-state index contributed by atoms with van der Waals surface area (Å²) >= 11 is 6.03. The number of ether oxygens (including phenoxy) is 1. The van der Waals surface area contributed by atoms with Crippen LogP contribution in [0.25, 0.3) is 0 Å². The zero-order chi connectivity index (χ0) is 21.5. The molecule has 5 nitrogen and oxygen atoms in total. The fraction of sp³-hybridized carbons (Fsp3) is 0.500. The molecule has 0 radical (unpaired) electrons. The first-order chi connectivity index (χ1) is 14.4. The summed E-state index contributed by atoms with van der Waals surface area (Å²) in [5, 5.41) is 43.3. The molecule has 1 aliphatic carbocycles. The molecule has 2 aromatic carbocycles. The van der Waals surface area contributed by atoms with E-state index in [1.54, 1.807) is 0 Å². The molecular formula is C24H29ClO5. The molecule has 0 aromatic heterocycles. The lowest BCUT2D eigenvalue weighted by molar-refractivity contribution is -0.302. The van der Waals surface area contributed by atoms with Crippen LogP contribution in [0.15, 0.2) is 30.3 Å². The fourth-order valence-corrected chi connectivity index (χ4v) is 5.11. The van der Waals surface area contributed by atoms with E-state index in [1.807, 2.05) is 37.3 Å². The Morgan fingerprint density at radius 2 is 1.77 bits per heavy atom. The predicted molar refractivity (Wildman–Crippen MR) is 115 cm³/mol. The highest BCUT2D eigenvalue weighted by Gasteiger charge is 2.53. The van der Waals surface area contributed by atoms with Crippen LogP contribution in [0.4, 0.5) is 0 Å². The van der Waals surface area contributed by atoms with Gasteiger partial charge in [0.2, 0.25) is 0 Å². The molecule has 0 unspecified atom stereocenters. The quantitative estimate of drug-likeness (QED) is 0.596. The average molecular weight is 433 g/mol. The van der Waals surface area contributed by atoms with Crippen LogP contribution in [0.1, 0.15) is 46.2 Å². The second-order valence-electron chi connectivity index (χ2n) is 8.57. The van der Waals surface area contributed by atoms with Crippen LogP contribution in [0.2, 0.25) is 5.02 Å². The van der Waals surface area contributed by atoms with Crippen LogP contribution in [0, 0.1) is 12.8 Å². The lowest BCUT2D eigenvalue weighted by Crippen LogP contribution is -2.59. The smallest absolute Gasteiger partial charge is 0.190 e. The standard InChI is InChI=1S/C24H29ClO5/c1-14-19-4-2-3-5-20(19)16(10-15-6-8-18(25)9-7-15)11-21(14)24(29)22(27)17(12-26)13-30-23(24)28/h6-9,11,17,22-23,26-29H,2-5,10,12-13H2,1H3/t17-,22+,23-,24-/m1/s1. The predicted octanol–water partition coefficient (Wildman–Crippen LogP) is 2.62. The van der Waals surface area contributed by atoms with Gasteiger partial charge in [0.25, 0.3) is 0 Å². The van der Waals surface area contributed by atoms with Crippen molar-refractivity contribution in [3.8, 4) is 0 Å². The molecule has 1 heterocycles. The molecule has 6 heteroatoms. The highest BCUT2D eigenvalue weighted by Crippen LogP contribution is 2.42. The summed E-state index contributed by atoms with van der Waals surface area (Å²) in [6.45, 7) is 1.59. The topological polar surface area (TPSA) is 90.2 Å². The van der Waals surface area contributed by atoms with Gasteiger partial charge in [0.1, 0.15) is 0 Å². The van der Waals surface area contributed by atoms with Crippen LogP contribution in [-0.4, -0.2) is 46.0 Å². The molecule has 30 heavy (non-hydrogen) atoms. The van der Waals surface area contributed by atoms with Crippen molar-refractivity contribution >= 4 is 11.6 Å². The van der Waals surface area contributed by atoms with Gasteiger partial charge < -0.3 is 25.2 Å². The normalized spacial score (nSPS) is 28.9. The lowest BCUT2D eigenvalue weighted by atomic mass is 9.73. The number of rotatable bonds is 4. The number of hydrogen-bond donors (Lipinski definition) is 4. The van der Waals surface area contributed by atoms with Crippen molar-refractivity contribution in [3.05, 3.63) is 68.7 Å². The molecular weight excluding hydrogens is 404 g/mol. The van der Waals surface area contributed by atoms with Crippen molar-refractivity contribution in [2.24, 2.45) is 5.92 Å². The van der Waals surface area contributed by atoms with Crippen molar-refractivity contribution in [2.75, 3.05) is 13.2 Å². The van der Waals surface area contributed by atoms with Gasteiger partial charge in [-0.05, 0) is 84.5 Å². The zero-order valence-corrected chi connectivity index (χ0v) is 17.9. The van der Waals surface area contributed by atoms with Gasteiger partial charge in [0.05, 0.1) is 19.3 Å². The first-order valence-corrected chi connectivity index (χ1v) is 10.9. The minimum Gasteiger partial charge on any atom is -0.396 e. The third kappa shape index (κ3) is 3.68. The Labute approximate surface area is 181 Å². The molecule has 1 saturated heterocycles. The minimum atomic E-state index is -2.00. The summed E-state index contributed by atoms with van der Waals surface area (Å²) in [6.07, 6.45) is 1.81. The van der Waals surface area contributed by atoms with Gasteiger partial charge in [-0.15, -0.1) is 0 Å². The van der Waals surface area contributed by atoms with E-state index < -0.39 is 23.9 Å². The van der Waals surface area contributed by atoms with Crippen LogP contribution < -0.4 is 0 Å². The van der Waals surface area contributed by atoms with Crippen molar-refractivity contribution in [1.82, 2.24) is 0 Å². The molecule has 0 bridgehead atoms. The first-order valence-electron chi connectivity index (χ1n) is 10.6. The Morgan fingerprint density at radius 3 is 2.43 bits per heavy atom. The first kappa shape index (κ1) is 21.8. The molecule has 4 N–H and O–H groups in total. The zero-order valence-electron chi connectivity index (χ0n) is 17.1. The molecule has 162 valence electrons. The summed E-state index contributed by atoms with van der Waals surface area (Å²) in [4.78, 5) is 0. The number of aliphatic hydroxyl groups excluding tert-OH is 3. The molecule has 0 amide bonds. The Kier molecular flexibility index (Phi) is 6.22. The summed E-state index contributed by atoms with van der Waals surface area (Å²) in [7, 11) is 0. The van der Waals surface area contributed by atoms with E-state index in [4.69, 9.17) is 16.3 Å². The maximum atomic E-state index is 11.5. The largest absolute Gasteiger partial charge is 0.396 e. The molecule has 4 rings (SSSR count). The Morgan fingerprint density at radius 1 is 1.10 bits per heavy atom. The Bertz CT molecular complexity index is 913. The molecule has 2 aliphatic rings. The van der Waals surface area contributed by atoms with Gasteiger partial charge in [0.15, 0.2) is 11.9 Å². The van der Waals surface area contributed by atoms with Gasteiger partial charge in [-0.2, -0.15) is 0 Å². The molecule has 2 aromatic rings. The van der Waals surface area contributed by atoms with Crippen LogP contribution in [-0.2, 0) is 29.6 Å². The molecule has 1 fully saturated rings. The monoisotopic (exact) mass is 432 g/mol. The van der Waals surface area contributed by atoms with Crippen molar-refractivity contribution in [1.29, 1.82) is 0 Å². The highest BCUT2D eigenvalue weighted by molar-refractivity contribution is 6.30. The molecule has 0 spiro atoms. The minimum absolute atomic E-state index is 0.0111. The molecule has 1 aliphatic heterocycles. The van der Waals surface area contributed by atoms with Crippen LogP contribution in [0.3, 0.4) is 0 Å². The van der Waals surface area contributed by atoms with E-state index in [9.17, 15) is 20.4 Å². The number of halogens is 1. The number of hydrogen-bond acceptors (Lipinski definition) is 5. The molecule has 4 atom stereocenters. The fourth-order valence-electron chi connectivity index (χ4n) is 4.98. The second-order valence-corrected chi connectivity index (χ2v) is 9.01. The third-order valence-electron chi connectivity index (χ3n) is 6.75. The van der Waals surface area contributed by atoms with E-state index in [-0.39, 0.29) is 13.2 Å². The summed E-state index contributed by atoms with van der Waals surface area (Å²) in [6, 6.07) is 9.60. The number of benzene rings is 2. The summed E-state index contributed by atoms with van der Waals surface area (Å²) < 4.78 is 5.36. The van der Waals surface area contributed by atoms with E-state index in [0.29, 0.717) is 17.0 Å². The number of fused-ring (bicyclic) bond motifs is 1. The van der Waals surface area contributed by atoms with Crippen LogP contribution >= 0.6 is 11.6 Å². The van der Waals surface area contributed by atoms with E-state index in [1.165, 1.54) is 11.1 Å². The van der Waals surface area contributed by atoms with Crippen molar-refractivity contribution in [3.63, 3.8) is 0 Å². The maximum absolute atomic E-state index is 11.5. The average Bonchev–Trinajstić information content (AvgIpc) is 2.76. The van der Waals surface area contributed by atoms with Gasteiger partial charge in [-0.3, -0.25) is 0 Å². The van der Waals surface area contributed by atoms with Crippen molar-refractivity contribution < 1.29 is 25.2 Å². The Hall–Kier alpha value is -1.47. The third-order valence-corrected chi connectivity index (χ3v) is 7.00. The van der Waals surface area contributed by atoms with Gasteiger partial charge in [-0.25, -0.2) is 0 Å². The van der Waals surface area contributed by atoms with Gasteiger partial charge in [-0.1, -0.05) is 29.8 Å². The second kappa shape index (κ2) is 8.58. The van der Waals surface area contributed by atoms with Gasteiger partial charge in [0, 0.05) is 10.9 Å². The Balaban J connectivity index is 1.84. The highest BCUT2D eigenvalue weighted by atomic mass is 35.5. The van der Waals surface area contributed by atoms with E-state index in [0.717, 1.165) is 42.4 Å². The SMILES string of the molecule is Cc1c([C@]2(O)[C@H](O)OC[C@@H](CO)[C@@H]2O)cc(Cc2ccc(Cl)cc2)c2c1CCCC2. The number of aliphatic hydroxyl groups is 4. The summed E-state index contributed by atoms with van der Waals surface area (Å²) in [5.74, 6) is -0.673. The molecule has 0 saturated carbocycles. The van der Waals surface area contributed by atoms with Crippen molar-refractivity contribution in [2.45, 2.75) is 57.0 Å². The van der Waals surface area contributed by atoms with E-state index in [2.05, 4.69) is 0 Å². The summed E-state index contributed by atoms with van der Waals surface area (Å²) in [5.41, 5.74) is 4.01. The lowest BCUT2D eigenvalue weighted by Gasteiger charge is -2.45. The van der Waals surface area contributed by atoms with Crippen LogP contribution in [0.5, 0.6) is 0 Å². The maximum Gasteiger partial charge on any atom is 0.190 e. The van der Waals surface area contributed by atoms with Gasteiger partial charge >= 0.3 is 0 Å². The van der Waals surface area contributed by atoms with E-state index >= 15 is 0 Å².